The van der Waals surface area contributed by atoms with Crippen molar-refractivity contribution in [2.75, 3.05) is 0 Å². The average Bonchev–Trinajstić information content (AvgIpc) is 2.81. The number of nitrogens with zero attached hydrogens (tertiary/aromatic N) is 1. The van der Waals surface area contributed by atoms with Crippen LogP contribution in [0.3, 0.4) is 0 Å². The molecule has 1 aromatic heterocycles. The zero-order chi connectivity index (χ0) is 24.8. The van der Waals surface area contributed by atoms with Crippen molar-refractivity contribution in [3.63, 3.8) is 0 Å². The van der Waals surface area contributed by atoms with Gasteiger partial charge in [-0.25, -0.2) is 8.78 Å². The topological polar surface area (TPSA) is 82.7 Å². The molecule has 4 aromatic rings. The van der Waals surface area contributed by atoms with Crippen molar-refractivity contribution in [3.8, 4) is 17.2 Å². The minimum absolute atomic E-state index is 0.0416. The highest BCUT2D eigenvalue weighted by Gasteiger charge is 2.31. The molecule has 0 fully saturated rings. The van der Waals surface area contributed by atoms with Crippen molar-refractivity contribution in [1.29, 1.82) is 0 Å². The molecule has 0 amide bonds. The lowest BCUT2D eigenvalue weighted by Gasteiger charge is -2.28. The summed E-state index contributed by atoms with van der Waals surface area (Å²) in [5, 5.41) is 34.7. The normalized spacial score (nSPS) is 19.0. The van der Waals surface area contributed by atoms with E-state index in [4.69, 9.17) is 0 Å². The van der Waals surface area contributed by atoms with Crippen LogP contribution in [0, 0.1) is 11.6 Å². The standard InChI is InChI=1S/C28H25F2NO4/c1-12-3-5-14-7-16(29)9-18-23(14)22(12)27(34)20(25(18)32)11-21-26(33)19-10-17(30)8-15-6-4-13(2)31(24(15)19)28(21)35/h7-10,12-13,32-34H,3-6,11H2,1-2H3/t12-,13-/m1/s1. The quantitative estimate of drug-likeness (QED) is 0.346. The molecule has 2 aliphatic rings. The number of aromatic hydroxyl groups is 3. The summed E-state index contributed by atoms with van der Waals surface area (Å²) in [6.45, 7) is 3.86. The number of halogens is 2. The Hall–Kier alpha value is -3.61. The Morgan fingerprint density at radius 2 is 1.49 bits per heavy atom. The predicted molar refractivity (Wildman–Crippen MR) is 130 cm³/mol. The second-order valence-electron chi connectivity index (χ2n) is 10.0. The molecular weight excluding hydrogens is 452 g/mol. The summed E-state index contributed by atoms with van der Waals surface area (Å²) in [6, 6.07) is 5.09. The molecule has 7 heteroatoms. The number of aromatic nitrogens is 1. The van der Waals surface area contributed by atoms with E-state index in [1.54, 1.807) is 4.57 Å². The van der Waals surface area contributed by atoms with Crippen LogP contribution in [0.5, 0.6) is 17.2 Å². The Balaban J connectivity index is 1.66. The van der Waals surface area contributed by atoms with Gasteiger partial charge in [-0.1, -0.05) is 6.92 Å². The van der Waals surface area contributed by atoms with Crippen molar-refractivity contribution in [2.45, 2.75) is 57.9 Å². The summed E-state index contributed by atoms with van der Waals surface area (Å²) in [5.41, 5.74) is 2.07. The molecule has 0 unspecified atom stereocenters. The fourth-order valence-electron chi connectivity index (χ4n) is 6.16. The average molecular weight is 478 g/mol. The van der Waals surface area contributed by atoms with E-state index in [0.29, 0.717) is 47.7 Å². The molecule has 3 aromatic carbocycles. The van der Waals surface area contributed by atoms with Crippen LogP contribution in [0.4, 0.5) is 8.78 Å². The van der Waals surface area contributed by atoms with Crippen molar-refractivity contribution in [3.05, 3.63) is 74.1 Å². The molecule has 1 aliphatic carbocycles. The molecule has 6 rings (SSSR count). The molecule has 0 saturated heterocycles. The highest BCUT2D eigenvalue weighted by atomic mass is 19.1. The van der Waals surface area contributed by atoms with Gasteiger partial charge >= 0.3 is 0 Å². The third-order valence-corrected chi connectivity index (χ3v) is 7.91. The summed E-state index contributed by atoms with van der Waals surface area (Å²) in [6.07, 6.45) is 2.29. The summed E-state index contributed by atoms with van der Waals surface area (Å²) in [7, 11) is 0. The first kappa shape index (κ1) is 21.9. The Kier molecular flexibility index (Phi) is 4.66. The molecule has 0 spiro atoms. The third-order valence-electron chi connectivity index (χ3n) is 7.91. The summed E-state index contributed by atoms with van der Waals surface area (Å²) >= 11 is 0. The van der Waals surface area contributed by atoms with Crippen molar-refractivity contribution >= 4 is 21.7 Å². The van der Waals surface area contributed by atoms with Crippen LogP contribution in [-0.2, 0) is 19.3 Å². The van der Waals surface area contributed by atoms with Gasteiger partial charge in [-0.05, 0) is 79.3 Å². The van der Waals surface area contributed by atoms with E-state index >= 15 is 0 Å². The number of benzene rings is 3. The lowest BCUT2D eigenvalue weighted by molar-refractivity contribution is 0.431. The van der Waals surface area contributed by atoms with E-state index in [9.17, 15) is 28.9 Å². The Labute approximate surface area is 199 Å². The fraction of sp³-hybridized carbons (Fsp3) is 0.321. The molecule has 5 nitrogen and oxygen atoms in total. The number of hydrogen-bond acceptors (Lipinski definition) is 4. The van der Waals surface area contributed by atoms with Crippen molar-refractivity contribution < 1.29 is 24.1 Å². The van der Waals surface area contributed by atoms with Crippen LogP contribution < -0.4 is 5.56 Å². The first-order chi connectivity index (χ1) is 16.7. The van der Waals surface area contributed by atoms with Crippen LogP contribution in [-0.4, -0.2) is 19.9 Å². The molecule has 2 heterocycles. The van der Waals surface area contributed by atoms with Crippen LogP contribution >= 0.6 is 0 Å². The van der Waals surface area contributed by atoms with E-state index in [-0.39, 0.29) is 57.5 Å². The van der Waals surface area contributed by atoms with Gasteiger partial charge < -0.3 is 19.9 Å². The maximum atomic E-state index is 14.4. The minimum atomic E-state index is -0.508. The van der Waals surface area contributed by atoms with Gasteiger partial charge in [-0.3, -0.25) is 4.79 Å². The molecule has 0 bridgehead atoms. The van der Waals surface area contributed by atoms with Crippen LogP contribution in [0.15, 0.2) is 29.1 Å². The van der Waals surface area contributed by atoms with E-state index < -0.39 is 17.2 Å². The van der Waals surface area contributed by atoms with Gasteiger partial charge in [0, 0.05) is 34.4 Å². The summed E-state index contributed by atoms with van der Waals surface area (Å²) < 4.78 is 30.4. The maximum Gasteiger partial charge on any atom is 0.258 e. The molecule has 35 heavy (non-hydrogen) atoms. The fourth-order valence-corrected chi connectivity index (χ4v) is 6.16. The predicted octanol–water partition coefficient (Wildman–Crippen LogP) is 5.70. The Morgan fingerprint density at radius 3 is 2.23 bits per heavy atom. The van der Waals surface area contributed by atoms with Crippen molar-refractivity contribution in [2.24, 2.45) is 0 Å². The summed E-state index contributed by atoms with van der Waals surface area (Å²) in [4.78, 5) is 13.6. The smallest absolute Gasteiger partial charge is 0.258 e. The number of hydrogen-bond donors (Lipinski definition) is 3. The number of phenols is 2. The third kappa shape index (κ3) is 3.00. The lowest BCUT2D eigenvalue weighted by atomic mass is 9.79. The second-order valence-corrected chi connectivity index (χ2v) is 10.0. The molecular formula is C28H25F2NO4. The largest absolute Gasteiger partial charge is 0.507 e. The zero-order valence-electron chi connectivity index (χ0n) is 19.5. The molecule has 1 aliphatic heterocycles. The highest BCUT2D eigenvalue weighted by Crippen LogP contribution is 2.49. The van der Waals surface area contributed by atoms with Crippen LogP contribution in [0.25, 0.3) is 21.7 Å². The van der Waals surface area contributed by atoms with Gasteiger partial charge in [0.05, 0.1) is 11.1 Å². The van der Waals surface area contributed by atoms with E-state index in [0.717, 1.165) is 5.56 Å². The molecule has 2 atom stereocenters. The summed E-state index contributed by atoms with van der Waals surface area (Å²) in [5.74, 6) is -1.88. The molecule has 0 radical (unpaired) electrons. The number of pyridine rings is 1. The number of aryl methyl sites for hydroxylation is 2. The first-order valence-corrected chi connectivity index (χ1v) is 11.9. The molecule has 0 saturated carbocycles. The van der Waals surface area contributed by atoms with Gasteiger partial charge in [-0.2, -0.15) is 0 Å². The van der Waals surface area contributed by atoms with Crippen molar-refractivity contribution in [1.82, 2.24) is 4.57 Å². The minimum Gasteiger partial charge on any atom is -0.507 e. The SMILES string of the molecule is C[C@@H]1CCc2cc(F)cc3c(O)c(Cc4c(O)c5cc(F)cc6c5n(c4=O)[C@H](C)CC6)c(O)c1c23. The van der Waals surface area contributed by atoms with E-state index in [2.05, 4.69) is 0 Å². The van der Waals surface area contributed by atoms with E-state index in [1.807, 2.05) is 13.8 Å². The number of phenolic OH excluding ortho intramolecular Hbond substituents is 2. The zero-order valence-corrected chi connectivity index (χ0v) is 19.5. The maximum absolute atomic E-state index is 14.4. The Bertz CT molecular complexity index is 1640. The van der Waals surface area contributed by atoms with Gasteiger partial charge in [0.1, 0.15) is 28.9 Å². The lowest BCUT2D eigenvalue weighted by Crippen LogP contribution is -2.30. The van der Waals surface area contributed by atoms with E-state index in [1.165, 1.54) is 24.3 Å². The van der Waals surface area contributed by atoms with Gasteiger partial charge in [0.25, 0.3) is 5.56 Å². The van der Waals surface area contributed by atoms with Gasteiger partial charge in [0.2, 0.25) is 0 Å². The number of rotatable bonds is 2. The van der Waals surface area contributed by atoms with Crippen LogP contribution in [0.2, 0.25) is 0 Å². The second kappa shape index (κ2) is 7.44. The molecule has 180 valence electrons. The first-order valence-electron chi connectivity index (χ1n) is 11.9. The van der Waals surface area contributed by atoms with Crippen LogP contribution in [0.1, 0.15) is 66.5 Å². The van der Waals surface area contributed by atoms with Gasteiger partial charge in [-0.15, -0.1) is 0 Å². The highest BCUT2D eigenvalue weighted by molar-refractivity contribution is 5.98. The van der Waals surface area contributed by atoms with Gasteiger partial charge in [0.15, 0.2) is 0 Å². The molecule has 3 N–H and O–H groups in total. The Morgan fingerprint density at radius 1 is 0.857 bits per heavy atom. The monoisotopic (exact) mass is 477 g/mol.